The molecule has 0 radical (unpaired) electrons. The van der Waals surface area contributed by atoms with E-state index in [2.05, 4.69) is 0 Å². The Morgan fingerprint density at radius 2 is 1.82 bits per heavy atom. The lowest BCUT2D eigenvalue weighted by Crippen LogP contribution is -2.33. The zero-order valence-electron chi connectivity index (χ0n) is 4.88. The van der Waals surface area contributed by atoms with Crippen molar-refractivity contribution in [3.8, 4) is 0 Å². The third-order valence-corrected chi connectivity index (χ3v) is 0.788. The molecular weight excluding hydrogens is 206 g/mol. The Bertz CT molecular complexity index is 184. The van der Waals surface area contributed by atoms with Crippen molar-refractivity contribution in [2.75, 3.05) is 0 Å². The van der Waals surface area contributed by atoms with Crippen molar-refractivity contribution < 1.29 is 18.0 Å². The SMILES string of the molecule is O=C(NC=C(Cl)Cl)C(F)(F)F. The Labute approximate surface area is 70.0 Å². The highest BCUT2D eigenvalue weighted by Gasteiger charge is 2.37. The van der Waals surface area contributed by atoms with Crippen LogP contribution in [0.1, 0.15) is 0 Å². The fourth-order valence-corrected chi connectivity index (χ4v) is 0.311. The van der Waals surface area contributed by atoms with Crippen LogP contribution in [0.2, 0.25) is 0 Å². The summed E-state index contributed by atoms with van der Waals surface area (Å²) in [5.74, 6) is -2.11. The van der Waals surface area contributed by atoms with Gasteiger partial charge in [0, 0.05) is 6.20 Å². The summed E-state index contributed by atoms with van der Waals surface area (Å²) in [6.45, 7) is 0. The van der Waals surface area contributed by atoms with Gasteiger partial charge in [0.05, 0.1) is 0 Å². The molecule has 0 fully saturated rings. The first-order valence-corrected chi connectivity index (χ1v) is 2.98. The fourth-order valence-electron chi connectivity index (χ4n) is 0.202. The lowest BCUT2D eigenvalue weighted by Gasteiger charge is -2.02. The van der Waals surface area contributed by atoms with Gasteiger partial charge in [-0.1, -0.05) is 23.2 Å². The highest BCUT2D eigenvalue weighted by Crippen LogP contribution is 2.14. The molecule has 0 aromatic carbocycles. The van der Waals surface area contributed by atoms with Crippen molar-refractivity contribution in [1.29, 1.82) is 0 Å². The van der Waals surface area contributed by atoms with Gasteiger partial charge in [0.15, 0.2) is 0 Å². The molecule has 0 aliphatic rings. The van der Waals surface area contributed by atoms with Gasteiger partial charge in [-0.25, -0.2) is 0 Å². The summed E-state index contributed by atoms with van der Waals surface area (Å²) >= 11 is 9.83. The average Bonchev–Trinajstić information content (AvgIpc) is 1.80. The molecule has 0 aromatic rings. The summed E-state index contributed by atoms with van der Waals surface area (Å²) in [6.07, 6.45) is -4.38. The Morgan fingerprint density at radius 3 is 2.09 bits per heavy atom. The van der Waals surface area contributed by atoms with Crippen molar-refractivity contribution in [3.05, 3.63) is 10.7 Å². The van der Waals surface area contributed by atoms with E-state index in [9.17, 15) is 18.0 Å². The van der Waals surface area contributed by atoms with Crippen LogP contribution in [0.3, 0.4) is 0 Å². The first-order valence-electron chi connectivity index (χ1n) is 2.23. The van der Waals surface area contributed by atoms with Crippen LogP contribution in [-0.4, -0.2) is 12.1 Å². The molecule has 0 aromatic heterocycles. The summed E-state index contributed by atoms with van der Waals surface area (Å²) in [4.78, 5) is 9.97. The lowest BCUT2D eigenvalue weighted by molar-refractivity contribution is -0.172. The van der Waals surface area contributed by atoms with Gasteiger partial charge in [0.2, 0.25) is 0 Å². The number of hydrogen-bond donors (Lipinski definition) is 1. The maximum Gasteiger partial charge on any atom is 0.471 e. The summed E-state index contributed by atoms with van der Waals surface area (Å²) in [7, 11) is 0. The van der Waals surface area contributed by atoms with Crippen LogP contribution in [0.25, 0.3) is 0 Å². The summed E-state index contributed by atoms with van der Waals surface area (Å²) in [6, 6.07) is 0. The molecule has 2 nitrogen and oxygen atoms in total. The second-order valence-electron chi connectivity index (χ2n) is 1.41. The lowest BCUT2D eigenvalue weighted by atomic mass is 10.6. The molecule has 7 heteroatoms. The van der Waals surface area contributed by atoms with Gasteiger partial charge in [-0.05, 0) is 0 Å². The number of alkyl halides is 3. The normalized spacial score (nSPS) is 10.6. The van der Waals surface area contributed by atoms with Crippen molar-refractivity contribution >= 4 is 29.1 Å². The number of rotatable bonds is 1. The van der Waals surface area contributed by atoms with Crippen molar-refractivity contribution in [1.82, 2.24) is 5.32 Å². The van der Waals surface area contributed by atoms with Crippen LogP contribution in [0, 0.1) is 0 Å². The topological polar surface area (TPSA) is 29.1 Å². The third kappa shape index (κ3) is 4.92. The molecule has 0 aliphatic carbocycles. The fraction of sp³-hybridized carbons (Fsp3) is 0.250. The van der Waals surface area contributed by atoms with Crippen molar-refractivity contribution in [2.45, 2.75) is 6.18 Å². The van der Waals surface area contributed by atoms with Crippen LogP contribution in [-0.2, 0) is 4.79 Å². The number of carbonyl (C=O) groups excluding carboxylic acids is 1. The van der Waals surface area contributed by atoms with Gasteiger partial charge in [0.25, 0.3) is 0 Å². The number of halogens is 5. The van der Waals surface area contributed by atoms with E-state index in [0.717, 1.165) is 0 Å². The molecule has 0 saturated heterocycles. The predicted molar refractivity (Wildman–Crippen MR) is 34.0 cm³/mol. The highest BCUT2D eigenvalue weighted by molar-refractivity contribution is 6.55. The van der Waals surface area contributed by atoms with Crippen molar-refractivity contribution in [2.24, 2.45) is 0 Å². The Morgan fingerprint density at radius 1 is 1.36 bits per heavy atom. The van der Waals surface area contributed by atoms with Crippen LogP contribution in [0.5, 0.6) is 0 Å². The monoisotopic (exact) mass is 207 g/mol. The molecule has 1 N–H and O–H groups in total. The minimum atomic E-state index is -4.92. The van der Waals surface area contributed by atoms with E-state index in [-0.39, 0.29) is 0 Å². The smallest absolute Gasteiger partial charge is 0.322 e. The van der Waals surface area contributed by atoms with Crippen LogP contribution >= 0.6 is 23.2 Å². The molecule has 0 unspecified atom stereocenters. The van der Waals surface area contributed by atoms with Crippen LogP contribution in [0.4, 0.5) is 13.2 Å². The Kier molecular flexibility index (Phi) is 3.68. The first-order chi connectivity index (χ1) is 4.84. The van der Waals surface area contributed by atoms with E-state index in [1.54, 1.807) is 0 Å². The molecule has 1 amide bonds. The summed E-state index contributed by atoms with van der Waals surface area (Å²) < 4.78 is 33.7. The molecule has 11 heavy (non-hydrogen) atoms. The zero-order valence-corrected chi connectivity index (χ0v) is 6.39. The minimum Gasteiger partial charge on any atom is -0.322 e. The van der Waals surface area contributed by atoms with E-state index in [1.165, 1.54) is 5.32 Å². The van der Waals surface area contributed by atoms with E-state index >= 15 is 0 Å². The number of amides is 1. The van der Waals surface area contributed by atoms with Gasteiger partial charge in [-0.15, -0.1) is 0 Å². The number of hydrogen-bond acceptors (Lipinski definition) is 1. The van der Waals surface area contributed by atoms with E-state index in [1.807, 2.05) is 0 Å². The molecule has 0 saturated carbocycles. The van der Waals surface area contributed by atoms with E-state index < -0.39 is 16.6 Å². The summed E-state index contributed by atoms with van der Waals surface area (Å²) in [5, 5.41) is 1.33. The Balaban J connectivity index is 4.01. The second kappa shape index (κ2) is 3.82. The standard InChI is InChI=1S/C4H2Cl2F3NO/c5-2(6)1-10-3(11)4(7,8)9/h1H,(H,10,11). The number of nitrogens with one attached hydrogen (secondary N) is 1. The first kappa shape index (κ1) is 10.6. The Hall–Kier alpha value is -0.420. The molecule has 0 aliphatic heterocycles. The maximum absolute atomic E-state index is 11.4. The van der Waals surface area contributed by atoms with E-state index in [0.29, 0.717) is 6.20 Å². The quantitative estimate of drug-likeness (QED) is 0.700. The van der Waals surface area contributed by atoms with E-state index in [4.69, 9.17) is 23.2 Å². The molecule has 0 spiro atoms. The summed E-state index contributed by atoms with van der Waals surface area (Å²) in [5.41, 5.74) is 0. The van der Waals surface area contributed by atoms with Gasteiger partial charge in [0.1, 0.15) is 4.49 Å². The predicted octanol–water partition coefficient (Wildman–Crippen LogP) is 1.94. The molecule has 0 atom stereocenters. The van der Waals surface area contributed by atoms with Gasteiger partial charge < -0.3 is 5.32 Å². The van der Waals surface area contributed by atoms with Gasteiger partial charge in [-0.2, -0.15) is 13.2 Å². The second-order valence-corrected chi connectivity index (χ2v) is 2.41. The molecule has 0 rings (SSSR count). The van der Waals surface area contributed by atoms with Crippen LogP contribution < -0.4 is 5.32 Å². The van der Waals surface area contributed by atoms with Crippen molar-refractivity contribution in [3.63, 3.8) is 0 Å². The van der Waals surface area contributed by atoms with Crippen LogP contribution in [0.15, 0.2) is 10.7 Å². The molecule has 64 valence electrons. The molecule has 0 heterocycles. The third-order valence-electron chi connectivity index (χ3n) is 0.570. The van der Waals surface area contributed by atoms with Gasteiger partial charge >= 0.3 is 12.1 Å². The largest absolute Gasteiger partial charge is 0.471 e. The average molecular weight is 208 g/mol. The maximum atomic E-state index is 11.4. The zero-order chi connectivity index (χ0) is 9.07. The minimum absolute atomic E-state index is 0.456. The van der Waals surface area contributed by atoms with Gasteiger partial charge in [-0.3, -0.25) is 4.79 Å². The molecule has 0 bridgehead atoms. The highest BCUT2D eigenvalue weighted by atomic mass is 35.5. The molecular formula is C4H2Cl2F3NO. The number of carbonyl (C=O) groups is 1.